The minimum absolute atomic E-state index is 0.342. The van der Waals surface area contributed by atoms with Crippen LogP contribution in [0, 0.1) is 0 Å². The molecular weight excluding hydrogens is 447 g/mol. The van der Waals surface area contributed by atoms with E-state index in [9.17, 15) is 4.79 Å². The Morgan fingerprint density at radius 2 is 0.750 bits per heavy atom. The van der Waals surface area contributed by atoms with Gasteiger partial charge in [0.2, 0.25) is 5.67 Å². The maximum Gasteiger partial charge on any atom is 0.343 e. The molecule has 216 valence electrons. The lowest BCUT2D eigenvalue weighted by atomic mass is 9.91. The molecule has 0 N–H and O–H groups in total. The van der Waals surface area contributed by atoms with Crippen LogP contribution in [-0.4, -0.2) is 18.2 Å². The van der Waals surface area contributed by atoms with E-state index < -0.39 is 11.6 Å². The summed E-state index contributed by atoms with van der Waals surface area (Å²) in [6, 6.07) is 0. The first-order valence-corrected chi connectivity index (χ1v) is 16.5. The fourth-order valence-corrected chi connectivity index (χ4v) is 5.11. The van der Waals surface area contributed by atoms with E-state index in [-0.39, 0.29) is 0 Å². The molecule has 0 rings (SSSR count). The minimum atomic E-state index is -1.77. The molecular formula is C33H65FO2. The van der Waals surface area contributed by atoms with Crippen LogP contribution in [-0.2, 0) is 9.53 Å². The van der Waals surface area contributed by atoms with Crippen molar-refractivity contribution in [2.45, 2.75) is 200 Å². The molecule has 0 fully saturated rings. The summed E-state index contributed by atoms with van der Waals surface area (Å²) >= 11 is 0. The van der Waals surface area contributed by atoms with Crippen molar-refractivity contribution in [2.75, 3.05) is 6.61 Å². The third-order valence-electron chi connectivity index (χ3n) is 7.70. The zero-order valence-corrected chi connectivity index (χ0v) is 25.0. The summed E-state index contributed by atoms with van der Waals surface area (Å²) < 4.78 is 21.3. The van der Waals surface area contributed by atoms with Gasteiger partial charge >= 0.3 is 5.97 Å². The van der Waals surface area contributed by atoms with Gasteiger partial charge in [-0.25, -0.2) is 9.18 Å². The van der Waals surface area contributed by atoms with Gasteiger partial charge in [0, 0.05) is 0 Å². The Kier molecular flexibility index (Phi) is 27.0. The van der Waals surface area contributed by atoms with Crippen LogP contribution < -0.4 is 0 Å². The van der Waals surface area contributed by atoms with E-state index in [1.54, 1.807) is 0 Å². The van der Waals surface area contributed by atoms with Crippen molar-refractivity contribution in [1.82, 2.24) is 0 Å². The highest BCUT2D eigenvalue weighted by atomic mass is 19.1. The number of carbonyl (C=O) groups is 1. The van der Waals surface area contributed by atoms with E-state index in [0.29, 0.717) is 19.4 Å². The standard InChI is InChI=1S/C33H65FO2/c1-4-7-10-13-16-18-21-24-27-30-33(34,29-26-23-20-15-12-9-6-3)32(35)36-31-28-25-22-19-17-14-11-8-5-2/h4-31H2,1-3H3. The number of carbonyl (C=O) groups excluding carboxylic acids is 1. The molecule has 0 heterocycles. The van der Waals surface area contributed by atoms with Crippen molar-refractivity contribution < 1.29 is 13.9 Å². The second-order valence-corrected chi connectivity index (χ2v) is 11.4. The normalized spacial score (nSPS) is 13.1. The first-order chi connectivity index (χ1) is 17.6. The van der Waals surface area contributed by atoms with Gasteiger partial charge in [-0.05, 0) is 32.1 Å². The molecule has 0 aromatic carbocycles. The molecule has 0 aliphatic rings. The highest BCUT2D eigenvalue weighted by molar-refractivity contribution is 5.79. The van der Waals surface area contributed by atoms with Gasteiger partial charge in [-0.15, -0.1) is 0 Å². The lowest BCUT2D eigenvalue weighted by Gasteiger charge is -2.23. The van der Waals surface area contributed by atoms with Crippen LogP contribution in [0.3, 0.4) is 0 Å². The summed E-state index contributed by atoms with van der Waals surface area (Å²) in [4.78, 5) is 12.8. The van der Waals surface area contributed by atoms with Gasteiger partial charge in [0.1, 0.15) is 0 Å². The van der Waals surface area contributed by atoms with Crippen LogP contribution >= 0.6 is 0 Å². The van der Waals surface area contributed by atoms with E-state index in [0.717, 1.165) is 51.4 Å². The van der Waals surface area contributed by atoms with Crippen molar-refractivity contribution in [2.24, 2.45) is 0 Å². The Bertz CT molecular complexity index is 453. The van der Waals surface area contributed by atoms with Crippen LogP contribution in [0.2, 0.25) is 0 Å². The summed E-state index contributed by atoms with van der Waals surface area (Å²) in [6.07, 6.45) is 30.6. The number of alkyl halides is 1. The summed E-state index contributed by atoms with van der Waals surface area (Å²) in [5, 5.41) is 0. The SMILES string of the molecule is CCCCCCCCCCCOC(=O)C(F)(CCCCCCCCC)CCCCCCCCCCC. The molecule has 0 spiro atoms. The van der Waals surface area contributed by atoms with E-state index in [2.05, 4.69) is 20.8 Å². The fourth-order valence-electron chi connectivity index (χ4n) is 5.11. The van der Waals surface area contributed by atoms with Crippen molar-refractivity contribution in [1.29, 1.82) is 0 Å². The summed E-state index contributed by atoms with van der Waals surface area (Å²) in [5.41, 5.74) is -1.77. The zero-order chi connectivity index (χ0) is 26.6. The Labute approximate surface area is 226 Å². The molecule has 0 amide bonds. The topological polar surface area (TPSA) is 26.3 Å². The lowest BCUT2D eigenvalue weighted by Crippen LogP contribution is -2.36. The van der Waals surface area contributed by atoms with Gasteiger partial charge in [-0.2, -0.15) is 0 Å². The van der Waals surface area contributed by atoms with Crippen LogP contribution in [0.25, 0.3) is 0 Å². The second kappa shape index (κ2) is 27.4. The Morgan fingerprint density at radius 1 is 0.472 bits per heavy atom. The number of hydrogen-bond acceptors (Lipinski definition) is 2. The molecule has 0 aromatic heterocycles. The molecule has 1 atom stereocenters. The molecule has 3 heteroatoms. The molecule has 0 radical (unpaired) electrons. The van der Waals surface area contributed by atoms with E-state index >= 15 is 4.39 Å². The maximum absolute atomic E-state index is 15.8. The summed E-state index contributed by atoms with van der Waals surface area (Å²) in [5.74, 6) is -0.576. The van der Waals surface area contributed by atoms with E-state index in [1.165, 1.54) is 109 Å². The fraction of sp³-hybridized carbons (Fsp3) is 0.970. The number of ether oxygens (including phenoxy) is 1. The van der Waals surface area contributed by atoms with Gasteiger partial charge in [0.05, 0.1) is 6.61 Å². The number of esters is 1. The predicted molar refractivity (Wildman–Crippen MR) is 156 cm³/mol. The molecule has 2 nitrogen and oxygen atoms in total. The molecule has 0 bridgehead atoms. The van der Waals surface area contributed by atoms with Crippen molar-refractivity contribution in [3.05, 3.63) is 0 Å². The van der Waals surface area contributed by atoms with E-state index in [4.69, 9.17) is 4.74 Å². The van der Waals surface area contributed by atoms with Gasteiger partial charge in [0.15, 0.2) is 0 Å². The molecule has 1 unspecified atom stereocenters. The van der Waals surface area contributed by atoms with Gasteiger partial charge in [-0.1, -0.05) is 162 Å². The van der Waals surface area contributed by atoms with Crippen LogP contribution in [0.15, 0.2) is 0 Å². The second-order valence-electron chi connectivity index (χ2n) is 11.4. The largest absolute Gasteiger partial charge is 0.463 e. The van der Waals surface area contributed by atoms with Crippen LogP contribution in [0.1, 0.15) is 194 Å². The molecule has 0 saturated carbocycles. The van der Waals surface area contributed by atoms with Gasteiger partial charge in [0.25, 0.3) is 0 Å². The molecule has 0 saturated heterocycles. The third-order valence-corrected chi connectivity index (χ3v) is 7.70. The Balaban J connectivity index is 4.21. The van der Waals surface area contributed by atoms with Crippen LogP contribution in [0.5, 0.6) is 0 Å². The smallest absolute Gasteiger partial charge is 0.343 e. The Hall–Kier alpha value is -0.600. The molecule has 0 aliphatic carbocycles. The average molecular weight is 513 g/mol. The van der Waals surface area contributed by atoms with Crippen molar-refractivity contribution >= 4 is 5.97 Å². The lowest BCUT2D eigenvalue weighted by molar-refractivity contribution is -0.159. The molecule has 0 aliphatic heterocycles. The van der Waals surface area contributed by atoms with Gasteiger partial charge in [-0.3, -0.25) is 0 Å². The Morgan fingerprint density at radius 3 is 1.08 bits per heavy atom. The third kappa shape index (κ3) is 22.6. The van der Waals surface area contributed by atoms with Crippen LogP contribution in [0.4, 0.5) is 4.39 Å². The first-order valence-electron chi connectivity index (χ1n) is 16.5. The molecule has 36 heavy (non-hydrogen) atoms. The summed E-state index contributed by atoms with van der Waals surface area (Å²) in [6.45, 7) is 7.11. The average Bonchev–Trinajstić information content (AvgIpc) is 2.88. The predicted octanol–water partition coefficient (Wildman–Crippen LogP) is 11.8. The summed E-state index contributed by atoms with van der Waals surface area (Å²) in [7, 11) is 0. The maximum atomic E-state index is 15.8. The minimum Gasteiger partial charge on any atom is -0.463 e. The number of hydrogen-bond donors (Lipinski definition) is 0. The van der Waals surface area contributed by atoms with Crippen molar-refractivity contribution in [3.8, 4) is 0 Å². The van der Waals surface area contributed by atoms with E-state index in [1.807, 2.05) is 0 Å². The molecule has 0 aromatic rings. The quantitative estimate of drug-likeness (QED) is 0.0735. The zero-order valence-electron chi connectivity index (χ0n) is 25.0. The highest BCUT2D eigenvalue weighted by Gasteiger charge is 2.39. The number of halogens is 1. The van der Waals surface area contributed by atoms with Crippen molar-refractivity contribution in [3.63, 3.8) is 0 Å². The number of unbranched alkanes of at least 4 members (excludes halogenated alkanes) is 22. The first kappa shape index (κ1) is 35.4. The van der Waals surface area contributed by atoms with Gasteiger partial charge < -0.3 is 4.74 Å². The highest BCUT2D eigenvalue weighted by Crippen LogP contribution is 2.29. The number of rotatable bonds is 29. The monoisotopic (exact) mass is 512 g/mol.